The normalized spacial score (nSPS) is 23.8. The smallest absolute Gasteiger partial charge is 0.334 e. The molecule has 0 fully saturated rings. The lowest BCUT2D eigenvalue weighted by molar-refractivity contribution is -0.133. The molecule has 1 N–H and O–H groups in total. The lowest BCUT2D eigenvalue weighted by Gasteiger charge is -2.08. The minimum absolute atomic E-state index is 0.393. The fourth-order valence-corrected chi connectivity index (χ4v) is 1.05. The minimum atomic E-state index is -0.855. The largest absolute Gasteiger partial charge is 0.501 e. The van der Waals surface area contributed by atoms with Crippen molar-refractivity contribution < 1.29 is 14.6 Å². The van der Waals surface area contributed by atoms with Crippen LogP contribution in [-0.2, 0) is 9.53 Å². The van der Waals surface area contributed by atoms with Gasteiger partial charge in [0.05, 0.1) is 18.4 Å². The van der Waals surface area contributed by atoms with Crippen LogP contribution in [0.5, 0.6) is 0 Å². The van der Waals surface area contributed by atoms with Gasteiger partial charge in [0, 0.05) is 0 Å². The van der Waals surface area contributed by atoms with Crippen LogP contribution in [0.3, 0.4) is 0 Å². The van der Waals surface area contributed by atoms with Gasteiger partial charge in [-0.15, -0.1) is 0 Å². The minimum Gasteiger partial charge on any atom is -0.501 e. The van der Waals surface area contributed by atoms with Crippen LogP contribution in [0.2, 0.25) is 0 Å². The summed E-state index contributed by atoms with van der Waals surface area (Å²) in [6.07, 6.45) is 5.06. The van der Waals surface area contributed by atoms with Crippen molar-refractivity contribution in [2.45, 2.75) is 25.7 Å². The maximum atomic E-state index is 10.5. The van der Waals surface area contributed by atoms with E-state index in [2.05, 4.69) is 0 Å². The zero-order valence-electron chi connectivity index (χ0n) is 6.38. The van der Waals surface area contributed by atoms with Gasteiger partial charge in [-0.1, -0.05) is 0 Å². The monoisotopic (exact) mass is 156 g/mol. The van der Waals surface area contributed by atoms with Crippen molar-refractivity contribution in [1.82, 2.24) is 0 Å². The van der Waals surface area contributed by atoms with E-state index in [0.29, 0.717) is 18.6 Å². The van der Waals surface area contributed by atoms with Crippen LogP contribution in [0, 0.1) is 0 Å². The van der Waals surface area contributed by atoms with Crippen LogP contribution >= 0.6 is 0 Å². The number of rotatable bonds is 1. The highest BCUT2D eigenvalue weighted by Gasteiger charge is 2.08. The second-order valence-electron chi connectivity index (χ2n) is 2.63. The lowest BCUT2D eigenvalue weighted by Crippen LogP contribution is -2.04. The third-order valence-corrected chi connectivity index (χ3v) is 1.71. The molecule has 0 saturated heterocycles. The summed E-state index contributed by atoms with van der Waals surface area (Å²) in [4.78, 5) is 10.5. The first-order valence-corrected chi connectivity index (χ1v) is 3.84. The van der Waals surface area contributed by atoms with Gasteiger partial charge < -0.3 is 9.84 Å². The molecule has 0 atom stereocenters. The number of carboxylic acids is 1. The maximum Gasteiger partial charge on any atom is 0.334 e. The molecule has 0 saturated carbocycles. The summed E-state index contributed by atoms with van der Waals surface area (Å²) >= 11 is 0. The van der Waals surface area contributed by atoms with Gasteiger partial charge in [-0.2, -0.15) is 0 Å². The Morgan fingerprint density at radius 1 is 1.45 bits per heavy atom. The van der Waals surface area contributed by atoms with E-state index in [0.717, 1.165) is 19.3 Å². The standard InChI is InChI=1S/C8H12O3/c9-8(10)7-4-2-1-3-5-11-6-7/h6H,1-5H2,(H,9,10)/b7-6+. The average Bonchev–Trinajstić information content (AvgIpc) is 1.84. The Bertz CT molecular complexity index is 172. The molecule has 1 aliphatic rings. The van der Waals surface area contributed by atoms with Gasteiger partial charge in [-0.3, -0.25) is 0 Å². The molecular formula is C8H12O3. The number of ether oxygens (including phenoxy) is 1. The van der Waals surface area contributed by atoms with Gasteiger partial charge in [0.2, 0.25) is 0 Å². The molecular weight excluding hydrogens is 144 g/mol. The van der Waals surface area contributed by atoms with E-state index >= 15 is 0 Å². The Hall–Kier alpha value is -0.990. The third kappa shape index (κ3) is 2.62. The number of hydrogen-bond donors (Lipinski definition) is 1. The Labute approximate surface area is 65.7 Å². The summed E-state index contributed by atoms with van der Waals surface area (Å²) in [5.41, 5.74) is 0.393. The Morgan fingerprint density at radius 2 is 2.27 bits per heavy atom. The average molecular weight is 156 g/mol. The molecule has 0 bridgehead atoms. The quantitative estimate of drug-likeness (QED) is 0.626. The molecule has 0 aromatic rings. The van der Waals surface area contributed by atoms with E-state index in [4.69, 9.17) is 9.84 Å². The molecule has 0 amide bonds. The third-order valence-electron chi connectivity index (χ3n) is 1.71. The number of aliphatic carboxylic acids is 1. The van der Waals surface area contributed by atoms with Crippen LogP contribution in [0.1, 0.15) is 25.7 Å². The van der Waals surface area contributed by atoms with E-state index < -0.39 is 5.97 Å². The topological polar surface area (TPSA) is 46.5 Å². The first-order valence-electron chi connectivity index (χ1n) is 3.84. The molecule has 0 aliphatic carbocycles. The van der Waals surface area contributed by atoms with Crippen LogP contribution in [0.15, 0.2) is 11.8 Å². The molecule has 11 heavy (non-hydrogen) atoms. The van der Waals surface area contributed by atoms with Crippen molar-refractivity contribution >= 4 is 5.97 Å². The lowest BCUT2D eigenvalue weighted by atomic mass is 10.1. The zero-order chi connectivity index (χ0) is 8.10. The number of hydrogen-bond acceptors (Lipinski definition) is 2. The van der Waals surface area contributed by atoms with Gasteiger partial charge in [-0.05, 0) is 25.7 Å². The SMILES string of the molecule is O=C(O)/C1=C/OCCCCC1. The van der Waals surface area contributed by atoms with E-state index in [9.17, 15) is 4.79 Å². The van der Waals surface area contributed by atoms with Crippen molar-refractivity contribution in [3.8, 4) is 0 Å². The molecule has 3 nitrogen and oxygen atoms in total. The molecule has 62 valence electrons. The molecule has 1 rings (SSSR count). The summed E-state index contributed by atoms with van der Waals surface area (Å²) < 4.78 is 5.01. The van der Waals surface area contributed by atoms with Gasteiger partial charge >= 0.3 is 5.97 Å². The Kier molecular flexibility index (Phi) is 2.95. The van der Waals surface area contributed by atoms with Crippen molar-refractivity contribution in [1.29, 1.82) is 0 Å². The van der Waals surface area contributed by atoms with Crippen molar-refractivity contribution in [2.75, 3.05) is 6.61 Å². The number of carbonyl (C=O) groups is 1. The molecule has 0 unspecified atom stereocenters. The van der Waals surface area contributed by atoms with E-state index in [-0.39, 0.29) is 0 Å². The second kappa shape index (κ2) is 4.01. The van der Waals surface area contributed by atoms with Gasteiger partial charge in [0.15, 0.2) is 0 Å². The zero-order valence-corrected chi connectivity index (χ0v) is 6.38. The van der Waals surface area contributed by atoms with Crippen LogP contribution < -0.4 is 0 Å². The van der Waals surface area contributed by atoms with E-state index in [1.165, 1.54) is 6.26 Å². The first-order chi connectivity index (χ1) is 5.30. The highest BCUT2D eigenvalue weighted by molar-refractivity contribution is 5.86. The van der Waals surface area contributed by atoms with Gasteiger partial charge in [-0.25, -0.2) is 4.79 Å². The first kappa shape index (κ1) is 8.11. The number of carboxylic acid groups (broad SMARTS) is 1. The van der Waals surface area contributed by atoms with Crippen LogP contribution in [0.25, 0.3) is 0 Å². The van der Waals surface area contributed by atoms with Crippen molar-refractivity contribution in [3.05, 3.63) is 11.8 Å². The fourth-order valence-electron chi connectivity index (χ4n) is 1.05. The molecule has 0 aromatic carbocycles. The highest BCUT2D eigenvalue weighted by Crippen LogP contribution is 2.12. The predicted octanol–water partition coefficient (Wildman–Crippen LogP) is 1.55. The molecule has 0 aromatic heterocycles. The maximum absolute atomic E-state index is 10.5. The van der Waals surface area contributed by atoms with E-state index in [1.54, 1.807) is 0 Å². The Morgan fingerprint density at radius 3 is 3.00 bits per heavy atom. The van der Waals surface area contributed by atoms with Gasteiger partial charge in [0.1, 0.15) is 0 Å². The van der Waals surface area contributed by atoms with E-state index in [1.807, 2.05) is 0 Å². The second-order valence-corrected chi connectivity index (χ2v) is 2.63. The highest BCUT2D eigenvalue weighted by atomic mass is 16.5. The molecule has 1 heterocycles. The van der Waals surface area contributed by atoms with Crippen molar-refractivity contribution in [2.24, 2.45) is 0 Å². The molecule has 0 radical (unpaired) electrons. The summed E-state index contributed by atoms with van der Waals surface area (Å²) in [5.74, 6) is -0.855. The van der Waals surface area contributed by atoms with Crippen LogP contribution in [0.4, 0.5) is 0 Å². The summed E-state index contributed by atoms with van der Waals surface area (Å²) in [5, 5.41) is 8.61. The molecule has 1 aliphatic heterocycles. The van der Waals surface area contributed by atoms with Crippen molar-refractivity contribution in [3.63, 3.8) is 0 Å². The van der Waals surface area contributed by atoms with Crippen LogP contribution in [-0.4, -0.2) is 17.7 Å². The fraction of sp³-hybridized carbons (Fsp3) is 0.625. The molecule has 3 heteroatoms. The molecule has 0 spiro atoms. The summed E-state index contributed by atoms with van der Waals surface area (Å²) in [6.45, 7) is 0.650. The van der Waals surface area contributed by atoms with Gasteiger partial charge in [0.25, 0.3) is 0 Å². The Balaban J connectivity index is 2.52. The summed E-state index contributed by atoms with van der Waals surface area (Å²) in [7, 11) is 0. The predicted molar refractivity (Wildman–Crippen MR) is 40.1 cm³/mol. The summed E-state index contributed by atoms with van der Waals surface area (Å²) in [6, 6.07) is 0.